The monoisotopic (exact) mass is 463 g/mol. The van der Waals surface area contributed by atoms with Gasteiger partial charge in [0.15, 0.2) is 0 Å². The summed E-state index contributed by atoms with van der Waals surface area (Å²) in [5, 5.41) is 16.6. The molecule has 0 aliphatic rings. The molecular weight excluding hydrogens is 447 g/mol. The maximum absolute atomic E-state index is 12.3. The summed E-state index contributed by atoms with van der Waals surface area (Å²) < 4.78 is 36.9. The molecule has 0 saturated heterocycles. The minimum atomic E-state index is -4.48. The van der Waals surface area contributed by atoms with Gasteiger partial charge in [-0.05, 0) is 34.5 Å². The molecule has 0 aromatic heterocycles. The molecule has 0 saturated carbocycles. The molecule has 2 amide bonds. The number of rotatable bonds is 6. The minimum Gasteiger partial charge on any atom is -0.506 e. The third-order valence-corrected chi connectivity index (χ3v) is 4.77. The number of alkyl halides is 3. The summed E-state index contributed by atoms with van der Waals surface area (Å²) in [5.74, 6) is -1.43. The lowest BCUT2D eigenvalue weighted by Crippen LogP contribution is -2.34. The van der Waals surface area contributed by atoms with Gasteiger partial charge in [-0.1, -0.05) is 48.0 Å². The van der Waals surface area contributed by atoms with Crippen molar-refractivity contribution >= 4 is 40.4 Å². The fraction of sp³-hybridized carbons (Fsp3) is 0.136. The van der Waals surface area contributed by atoms with Crippen molar-refractivity contribution in [3.8, 4) is 5.75 Å². The predicted octanol–water partition coefficient (Wildman–Crippen LogP) is 4.18. The number of carbonyl (C=O) groups excluding carboxylic acids is 2. The molecule has 0 bridgehead atoms. The van der Waals surface area contributed by atoms with Crippen LogP contribution in [0.25, 0.3) is 10.8 Å². The summed E-state index contributed by atoms with van der Waals surface area (Å²) in [4.78, 5) is 24.1. The zero-order chi connectivity index (χ0) is 23.3. The number of phenolic OH excluding ortho intramolecular Hbond substituents is 1. The van der Waals surface area contributed by atoms with E-state index < -0.39 is 24.5 Å². The van der Waals surface area contributed by atoms with E-state index in [1.807, 2.05) is 5.32 Å². The van der Waals surface area contributed by atoms with E-state index in [4.69, 9.17) is 11.6 Å². The number of nitrogens with zero attached hydrogens (tertiary/aromatic N) is 1. The van der Waals surface area contributed by atoms with Gasteiger partial charge in [0, 0.05) is 11.1 Å². The normalized spacial score (nSPS) is 11.6. The van der Waals surface area contributed by atoms with Gasteiger partial charge in [-0.15, -0.1) is 0 Å². The van der Waals surface area contributed by atoms with E-state index in [1.165, 1.54) is 24.4 Å². The molecule has 3 rings (SSSR count). The Morgan fingerprint density at radius 3 is 2.47 bits per heavy atom. The van der Waals surface area contributed by atoms with Gasteiger partial charge in [-0.25, -0.2) is 5.43 Å². The molecule has 6 nitrogen and oxygen atoms in total. The number of carbonyl (C=O) groups is 2. The molecule has 3 aromatic rings. The molecule has 0 spiro atoms. The molecular formula is C22H17ClF3N3O3. The van der Waals surface area contributed by atoms with Crippen LogP contribution in [-0.4, -0.2) is 35.9 Å². The highest BCUT2D eigenvalue weighted by Gasteiger charge is 2.27. The van der Waals surface area contributed by atoms with Gasteiger partial charge < -0.3 is 10.4 Å². The number of benzene rings is 3. The standard InChI is InChI=1S/C22H17ClF3N3O3/c23-18-9-14(7-8-19(18)30)21(32)29-28-11-15-6-5-13(16-3-1-2-4-17(15)16)10-20(31)27-12-22(24,25)26/h1-9,11,30H,10,12H2,(H,27,31)(H,29,32)/b28-11+. The highest BCUT2D eigenvalue weighted by atomic mass is 35.5. The molecule has 0 heterocycles. The first-order valence-electron chi connectivity index (χ1n) is 9.30. The number of halogens is 4. The third-order valence-electron chi connectivity index (χ3n) is 4.46. The van der Waals surface area contributed by atoms with Crippen LogP contribution in [0.2, 0.25) is 5.02 Å². The highest BCUT2D eigenvalue weighted by molar-refractivity contribution is 6.32. The van der Waals surface area contributed by atoms with Crippen LogP contribution >= 0.6 is 11.6 Å². The van der Waals surface area contributed by atoms with E-state index in [0.717, 1.165) is 0 Å². The second-order valence-corrected chi connectivity index (χ2v) is 7.20. The summed E-state index contributed by atoms with van der Waals surface area (Å²) in [7, 11) is 0. The number of amides is 2. The highest BCUT2D eigenvalue weighted by Crippen LogP contribution is 2.24. The first kappa shape index (κ1) is 23.1. The lowest BCUT2D eigenvalue weighted by atomic mass is 9.98. The van der Waals surface area contributed by atoms with Crippen molar-refractivity contribution < 1.29 is 27.9 Å². The Labute approximate surface area is 185 Å². The summed E-state index contributed by atoms with van der Waals surface area (Å²) in [6.45, 7) is -1.39. The van der Waals surface area contributed by atoms with Crippen molar-refractivity contribution in [3.63, 3.8) is 0 Å². The van der Waals surface area contributed by atoms with Crippen LogP contribution < -0.4 is 10.7 Å². The molecule has 0 aliphatic carbocycles. The predicted molar refractivity (Wildman–Crippen MR) is 115 cm³/mol. The lowest BCUT2D eigenvalue weighted by molar-refractivity contribution is -0.138. The molecule has 0 aliphatic heterocycles. The van der Waals surface area contributed by atoms with Crippen molar-refractivity contribution in [2.24, 2.45) is 5.10 Å². The summed E-state index contributed by atoms with van der Waals surface area (Å²) >= 11 is 5.79. The van der Waals surface area contributed by atoms with E-state index in [0.29, 0.717) is 21.9 Å². The minimum absolute atomic E-state index is 0.0301. The SMILES string of the molecule is O=C(Cc1ccc(/C=N/NC(=O)c2ccc(O)c(Cl)c2)c2ccccc12)NCC(F)(F)F. The number of nitrogens with one attached hydrogen (secondary N) is 2. The van der Waals surface area contributed by atoms with Gasteiger partial charge in [0.25, 0.3) is 5.91 Å². The summed E-state index contributed by atoms with van der Waals surface area (Å²) in [6, 6.07) is 14.3. The topological polar surface area (TPSA) is 90.8 Å². The van der Waals surface area contributed by atoms with Crippen molar-refractivity contribution in [1.29, 1.82) is 0 Å². The number of hydrogen-bond acceptors (Lipinski definition) is 4. The largest absolute Gasteiger partial charge is 0.506 e. The lowest BCUT2D eigenvalue weighted by Gasteiger charge is -2.11. The maximum atomic E-state index is 12.3. The van der Waals surface area contributed by atoms with Crippen LogP contribution in [0.5, 0.6) is 5.75 Å². The maximum Gasteiger partial charge on any atom is 0.405 e. The van der Waals surface area contributed by atoms with Crippen LogP contribution in [0.4, 0.5) is 13.2 Å². The van der Waals surface area contributed by atoms with Gasteiger partial charge >= 0.3 is 6.18 Å². The Bertz CT molecular complexity index is 1200. The smallest absolute Gasteiger partial charge is 0.405 e. The Balaban J connectivity index is 1.75. The van der Waals surface area contributed by atoms with E-state index in [9.17, 15) is 27.9 Å². The Kier molecular flexibility index (Phi) is 6.99. The first-order valence-corrected chi connectivity index (χ1v) is 9.68. The van der Waals surface area contributed by atoms with E-state index >= 15 is 0 Å². The van der Waals surface area contributed by atoms with Gasteiger partial charge in [0.2, 0.25) is 5.91 Å². The number of fused-ring (bicyclic) bond motifs is 1. The molecule has 166 valence electrons. The molecule has 32 heavy (non-hydrogen) atoms. The Morgan fingerprint density at radius 1 is 1.06 bits per heavy atom. The average Bonchev–Trinajstić information content (AvgIpc) is 2.75. The Morgan fingerprint density at radius 2 is 1.78 bits per heavy atom. The molecule has 10 heteroatoms. The van der Waals surface area contributed by atoms with Gasteiger partial charge in [0.1, 0.15) is 12.3 Å². The Hall–Kier alpha value is -3.59. The van der Waals surface area contributed by atoms with Gasteiger partial charge in [0.05, 0.1) is 17.7 Å². The number of hydrazone groups is 1. The fourth-order valence-electron chi connectivity index (χ4n) is 2.96. The summed E-state index contributed by atoms with van der Waals surface area (Å²) in [5.41, 5.74) is 3.74. The zero-order valence-corrected chi connectivity index (χ0v) is 17.2. The van der Waals surface area contributed by atoms with Gasteiger partial charge in [-0.2, -0.15) is 18.3 Å². The third kappa shape index (κ3) is 5.98. The number of aromatic hydroxyl groups is 1. The second-order valence-electron chi connectivity index (χ2n) is 6.79. The van der Waals surface area contributed by atoms with Crippen molar-refractivity contribution in [1.82, 2.24) is 10.7 Å². The number of phenols is 1. The van der Waals surface area contributed by atoms with Crippen molar-refractivity contribution in [2.75, 3.05) is 6.54 Å². The second kappa shape index (κ2) is 9.69. The van der Waals surface area contributed by atoms with Crippen LogP contribution in [-0.2, 0) is 11.2 Å². The molecule has 3 aromatic carbocycles. The van der Waals surface area contributed by atoms with Crippen LogP contribution in [0, 0.1) is 0 Å². The number of hydrogen-bond donors (Lipinski definition) is 3. The first-order chi connectivity index (χ1) is 15.1. The van der Waals surface area contributed by atoms with Crippen LogP contribution in [0.3, 0.4) is 0 Å². The van der Waals surface area contributed by atoms with Gasteiger partial charge in [-0.3, -0.25) is 9.59 Å². The quantitative estimate of drug-likeness (QED) is 0.378. The zero-order valence-electron chi connectivity index (χ0n) is 16.4. The van der Waals surface area contributed by atoms with E-state index in [-0.39, 0.29) is 22.8 Å². The van der Waals surface area contributed by atoms with E-state index in [2.05, 4.69) is 10.5 Å². The molecule has 0 atom stereocenters. The molecule has 0 unspecified atom stereocenters. The van der Waals surface area contributed by atoms with Crippen LogP contribution in [0.1, 0.15) is 21.5 Å². The fourth-order valence-corrected chi connectivity index (χ4v) is 3.14. The van der Waals surface area contributed by atoms with E-state index in [1.54, 1.807) is 36.4 Å². The molecule has 3 N–H and O–H groups in total. The van der Waals surface area contributed by atoms with Crippen LogP contribution in [0.15, 0.2) is 59.7 Å². The molecule has 0 radical (unpaired) electrons. The summed E-state index contributed by atoms with van der Waals surface area (Å²) in [6.07, 6.45) is -3.28. The average molecular weight is 464 g/mol. The van der Waals surface area contributed by atoms with Crippen molar-refractivity contribution in [3.05, 3.63) is 76.3 Å². The van der Waals surface area contributed by atoms with Crippen molar-refractivity contribution in [2.45, 2.75) is 12.6 Å². The molecule has 0 fully saturated rings.